The Labute approximate surface area is 123 Å². The Kier molecular flexibility index (Phi) is 4.49. The van der Waals surface area contributed by atoms with Crippen molar-refractivity contribution in [3.63, 3.8) is 0 Å². The lowest BCUT2D eigenvalue weighted by molar-refractivity contribution is 0.352. The van der Waals surface area contributed by atoms with E-state index in [1.807, 2.05) is 0 Å². The van der Waals surface area contributed by atoms with Gasteiger partial charge in [0.25, 0.3) is 0 Å². The highest BCUT2D eigenvalue weighted by molar-refractivity contribution is 5.47. The first-order valence-corrected chi connectivity index (χ1v) is 7.32. The Balaban J connectivity index is 2.23. The second kappa shape index (κ2) is 6.13. The van der Waals surface area contributed by atoms with Crippen LogP contribution in [0.1, 0.15) is 44.4 Å². The van der Waals surface area contributed by atoms with Crippen molar-refractivity contribution in [2.45, 2.75) is 40.2 Å². The van der Waals surface area contributed by atoms with Crippen LogP contribution in [0.25, 0.3) is 0 Å². The Hall–Kier alpha value is -1.76. The van der Waals surface area contributed by atoms with Crippen LogP contribution in [0, 0.1) is 12.3 Å². The zero-order valence-corrected chi connectivity index (χ0v) is 13.0. The molecule has 0 radical (unpaired) electrons. The van der Waals surface area contributed by atoms with Crippen LogP contribution in [0.3, 0.4) is 0 Å². The van der Waals surface area contributed by atoms with E-state index in [4.69, 9.17) is 0 Å². The van der Waals surface area contributed by atoms with Crippen LogP contribution in [0.5, 0.6) is 0 Å². The predicted octanol–water partition coefficient (Wildman–Crippen LogP) is 5.58. The second-order valence-electron chi connectivity index (χ2n) is 6.74. The topological polar surface area (TPSA) is 12.0 Å². The van der Waals surface area contributed by atoms with Crippen LogP contribution >= 0.6 is 0 Å². The fourth-order valence-electron chi connectivity index (χ4n) is 2.49. The summed E-state index contributed by atoms with van der Waals surface area (Å²) in [5.41, 5.74) is 4.13. The molecule has 0 amide bonds. The second-order valence-corrected chi connectivity index (χ2v) is 6.74. The minimum atomic E-state index is 0.289. The number of benzene rings is 2. The van der Waals surface area contributed by atoms with Gasteiger partial charge in [0.2, 0.25) is 0 Å². The fourth-order valence-corrected chi connectivity index (χ4v) is 2.49. The van der Waals surface area contributed by atoms with Gasteiger partial charge in [-0.1, -0.05) is 63.2 Å². The van der Waals surface area contributed by atoms with Crippen molar-refractivity contribution in [2.75, 3.05) is 5.32 Å². The SMILES string of the molecule is Cc1cccc(NC(CC(C)(C)C)c2ccccc2)c1. The van der Waals surface area contributed by atoms with Gasteiger partial charge < -0.3 is 5.32 Å². The van der Waals surface area contributed by atoms with E-state index >= 15 is 0 Å². The van der Waals surface area contributed by atoms with E-state index in [2.05, 4.69) is 87.6 Å². The highest BCUT2D eigenvalue weighted by Crippen LogP contribution is 2.32. The summed E-state index contributed by atoms with van der Waals surface area (Å²) >= 11 is 0. The standard InChI is InChI=1S/C19H25N/c1-15-9-8-12-17(13-15)20-18(14-19(2,3)4)16-10-6-5-7-11-16/h5-13,18,20H,14H2,1-4H3. The van der Waals surface area contributed by atoms with Gasteiger partial charge in [-0.15, -0.1) is 0 Å². The molecule has 1 nitrogen and oxygen atoms in total. The van der Waals surface area contributed by atoms with Crippen molar-refractivity contribution in [2.24, 2.45) is 5.41 Å². The Morgan fingerprint density at radius 1 is 0.950 bits per heavy atom. The number of hydrogen-bond donors (Lipinski definition) is 1. The summed E-state index contributed by atoms with van der Waals surface area (Å²) in [5, 5.41) is 3.69. The molecule has 0 heterocycles. The zero-order chi connectivity index (χ0) is 14.6. The van der Waals surface area contributed by atoms with Gasteiger partial charge in [0, 0.05) is 5.69 Å². The molecule has 0 aromatic heterocycles. The van der Waals surface area contributed by atoms with E-state index in [9.17, 15) is 0 Å². The molecule has 20 heavy (non-hydrogen) atoms. The molecular weight excluding hydrogens is 242 g/mol. The molecule has 0 bridgehead atoms. The fraction of sp³-hybridized carbons (Fsp3) is 0.368. The number of hydrogen-bond acceptors (Lipinski definition) is 1. The maximum atomic E-state index is 3.69. The quantitative estimate of drug-likeness (QED) is 0.762. The molecule has 0 saturated heterocycles. The molecule has 0 spiro atoms. The lowest BCUT2D eigenvalue weighted by atomic mass is 9.85. The summed E-state index contributed by atoms with van der Waals surface area (Å²) in [6.07, 6.45) is 1.10. The molecule has 0 aliphatic carbocycles. The van der Waals surface area contributed by atoms with Gasteiger partial charge in [-0.3, -0.25) is 0 Å². The van der Waals surface area contributed by atoms with Crippen LogP contribution in [0.2, 0.25) is 0 Å². The van der Waals surface area contributed by atoms with Crippen molar-refractivity contribution in [1.82, 2.24) is 0 Å². The normalized spacial score (nSPS) is 13.0. The van der Waals surface area contributed by atoms with Crippen LogP contribution in [-0.4, -0.2) is 0 Å². The molecular formula is C19H25N. The van der Waals surface area contributed by atoms with Crippen LogP contribution in [0.15, 0.2) is 54.6 Å². The summed E-state index contributed by atoms with van der Waals surface area (Å²) in [6.45, 7) is 9.01. The predicted molar refractivity (Wildman–Crippen MR) is 88.1 cm³/mol. The van der Waals surface area contributed by atoms with Gasteiger partial charge in [-0.2, -0.15) is 0 Å². The summed E-state index contributed by atoms with van der Waals surface area (Å²) in [5.74, 6) is 0. The molecule has 2 rings (SSSR count). The summed E-state index contributed by atoms with van der Waals surface area (Å²) in [7, 11) is 0. The van der Waals surface area contributed by atoms with Crippen molar-refractivity contribution < 1.29 is 0 Å². The first-order chi connectivity index (χ1) is 9.44. The number of rotatable bonds is 4. The lowest BCUT2D eigenvalue weighted by Crippen LogP contribution is -2.18. The molecule has 2 aromatic carbocycles. The molecule has 1 N–H and O–H groups in total. The summed E-state index contributed by atoms with van der Waals surface area (Å²) in [4.78, 5) is 0. The van der Waals surface area contributed by atoms with Crippen LogP contribution in [0.4, 0.5) is 5.69 Å². The van der Waals surface area contributed by atoms with E-state index in [0.717, 1.165) is 6.42 Å². The minimum absolute atomic E-state index is 0.289. The maximum absolute atomic E-state index is 3.69. The lowest BCUT2D eigenvalue weighted by Gasteiger charge is -2.28. The third-order valence-corrected chi connectivity index (χ3v) is 3.38. The maximum Gasteiger partial charge on any atom is 0.0518 e. The molecule has 2 aromatic rings. The highest BCUT2D eigenvalue weighted by Gasteiger charge is 2.20. The average Bonchev–Trinajstić information content (AvgIpc) is 2.37. The highest BCUT2D eigenvalue weighted by atomic mass is 14.9. The number of nitrogens with one attached hydrogen (secondary N) is 1. The monoisotopic (exact) mass is 267 g/mol. The van der Waals surface area contributed by atoms with Gasteiger partial charge >= 0.3 is 0 Å². The summed E-state index contributed by atoms with van der Waals surface area (Å²) < 4.78 is 0. The smallest absolute Gasteiger partial charge is 0.0518 e. The van der Waals surface area contributed by atoms with E-state index in [1.165, 1.54) is 16.8 Å². The molecule has 0 fully saturated rings. The molecule has 106 valence electrons. The first kappa shape index (κ1) is 14.6. The molecule has 0 saturated carbocycles. The molecule has 0 aliphatic rings. The first-order valence-electron chi connectivity index (χ1n) is 7.32. The Morgan fingerprint density at radius 2 is 1.65 bits per heavy atom. The number of aryl methyl sites for hydroxylation is 1. The third kappa shape index (κ3) is 4.41. The van der Waals surface area contributed by atoms with Gasteiger partial charge in [-0.05, 0) is 42.0 Å². The van der Waals surface area contributed by atoms with Crippen LogP contribution in [-0.2, 0) is 0 Å². The van der Waals surface area contributed by atoms with Gasteiger partial charge in [0.05, 0.1) is 6.04 Å². The largest absolute Gasteiger partial charge is 0.378 e. The molecule has 1 heteroatoms. The van der Waals surface area contributed by atoms with Crippen molar-refractivity contribution in [1.29, 1.82) is 0 Å². The van der Waals surface area contributed by atoms with E-state index in [-0.39, 0.29) is 5.41 Å². The molecule has 1 unspecified atom stereocenters. The molecule has 1 atom stereocenters. The van der Waals surface area contributed by atoms with E-state index in [0.29, 0.717) is 6.04 Å². The minimum Gasteiger partial charge on any atom is -0.378 e. The van der Waals surface area contributed by atoms with Gasteiger partial charge in [-0.25, -0.2) is 0 Å². The van der Waals surface area contributed by atoms with E-state index in [1.54, 1.807) is 0 Å². The van der Waals surface area contributed by atoms with Gasteiger partial charge in [0.15, 0.2) is 0 Å². The van der Waals surface area contributed by atoms with E-state index < -0.39 is 0 Å². The number of anilines is 1. The van der Waals surface area contributed by atoms with Gasteiger partial charge in [0.1, 0.15) is 0 Å². The Bertz CT molecular complexity index is 537. The van der Waals surface area contributed by atoms with Crippen LogP contribution < -0.4 is 5.32 Å². The summed E-state index contributed by atoms with van der Waals surface area (Å²) in [6, 6.07) is 19.7. The molecule has 0 aliphatic heterocycles. The Morgan fingerprint density at radius 3 is 2.25 bits per heavy atom. The van der Waals surface area contributed by atoms with Crippen molar-refractivity contribution in [3.8, 4) is 0 Å². The van der Waals surface area contributed by atoms with Crippen molar-refractivity contribution in [3.05, 3.63) is 65.7 Å². The average molecular weight is 267 g/mol. The third-order valence-electron chi connectivity index (χ3n) is 3.38. The zero-order valence-electron chi connectivity index (χ0n) is 13.0. The van der Waals surface area contributed by atoms with Crippen molar-refractivity contribution >= 4 is 5.69 Å².